The molecule has 3 atom stereocenters. The van der Waals surface area contributed by atoms with Crippen LogP contribution in [0.15, 0.2) is 0 Å². The number of halogens is 1. The fourth-order valence-electron chi connectivity index (χ4n) is 1.28. The molecule has 1 fully saturated rings. The van der Waals surface area contributed by atoms with Crippen LogP contribution in [0.5, 0.6) is 0 Å². The first-order chi connectivity index (χ1) is 7.95. The molecule has 1 saturated heterocycles. The van der Waals surface area contributed by atoms with Crippen LogP contribution in [0.1, 0.15) is 20.8 Å². The van der Waals surface area contributed by atoms with Gasteiger partial charge in [-0.3, -0.25) is 4.79 Å². The molecule has 0 aromatic carbocycles. The lowest BCUT2D eigenvalue weighted by atomic mass is 10.2. The van der Waals surface area contributed by atoms with Crippen molar-refractivity contribution in [2.45, 2.75) is 44.8 Å². The van der Waals surface area contributed by atoms with Gasteiger partial charge < -0.3 is 19.5 Å². The summed E-state index contributed by atoms with van der Waals surface area (Å²) in [5.41, 5.74) is 0. The number of nitrogens with one attached hydrogen (secondary N) is 1. The lowest BCUT2D eigenvalue weighted by Gasteiger charge is -2.32. The highest BCUT2D eigenvalue weighted by Gasteiger charge is 2.42. The van der Waals surface area contributed by atoms with Gasteiger partial charge >= 0.3 is 5.97 Å². The second-order valence-electron chi connectivity index (χ2n) is 3.74. The van der Waals surface area contributed by atoms with Crippen LogP contribution in [0.3, 0.4) is 0 Å². The van der Waals surface area contributed by atoms with E-state index in [9.17, 15) is 9.59 Å². The molecule has 0 aromatic heterocycles. The molecule has 0 aromatic rings. The van der Waals surface area contributed by atoms with E-state index in [2.05, 4.69) is 5.32 Å². The molecule has 1 heterocycles. The zero-order valence-electron chi connectivity index (χ0n) is 9.94. The van der Waals surface area contributed by atoms with E-state index in [1.165, 1.54) is 0 Å². The second kappa shape index (κ2) is 6.18. The van der Waals surface area contributed by atoms with Crippen LogP contribution in [0, 0.1) is 0 Å². The topological polar surface area (TPSA) is 73.9 Å². The molecule has 0 unspecified atom stereocenters. The average Bonchev–Trinajstić information content (AvgIpc) is 2.22. The number of ether oxygens (including phenoxy) is 3. The predicted octanol–water partition coefficient (Wildman–Crippen LogP) is 0.380. The quantitative estimate of drug-likeness (QED) is 0.588. The molecule has 0 spiro atoms. The van der Waals surface area contributed by atoms with Gasteiger partial charge in [0.1, 0.15) is 5.38 Å². The molecular formula is C10H16ClNO5. The Bertz CT molecular complexity index is 296. The molecule has 0 bridgehead atoms. The maximum Gasteiger partial charge on any atom is 0.337 e. The van der Waals surface area contributed by atoms with Crippen molar-refractivity contribution >= 4 is 23.5 Å². The molecule has 0 saturated carbocycles. The fraction of sp³-hybridized carbons (Fsp3) is 0.800. The second-order valence-corrected chi connectivity index (χ2v) is 4.21. The summed E-state index contributed by atoms with van der Waals surface area (Å²) in [6.45, 7) is 5.41. The van der Waals surface area contributed by atoms with Gasteiger partial charge in [0.15, 0.2) is 6.10 Å². The Kier molecular flexibility index (Phi) is 5.17. The molecule has 1 N–H and O–H groups in total. The summed E-state index contributed by atoms with van der Waals surface area (Å²) in [6.07, 6.45) is -2.28. The van der Waals surface area contributed by atoms with Gasteiger partial charge in [-0.1, -0.05) is 0 Å². The molecule has 0 radical (unpaired) electrons. The average molecular weight is 266 g/mol. The maximum atomic E-state index is 11.5. The molecule has 98 valence electrons. The summed E-state index contributed by atoms with van der Waals surface area (Å²) in [6, 6.07) is 0. The summed E-state index contributed by atoms with van der Waals surface area (Å²) in [5, 5.41) is 1.29. The van der Waals surface area contributed by atoms with E-state index >= 15 is 0 Å². The third kappa shape index (κ3) is 3.83. The fourth-order valence-corrected chi connectivity index (χ4v) is 1.51. The van der Waals surface area contributed by atoms with E-state index in [0.29, 0.717) is 0 Å². The van der Waals surface area contributed by atoms with Crippen LogP contribution in [0.25, 0.3) is 0 Å². The van der Waals surface area contributed by atoms with Crippen molar-refractivity contribution in [2.75, 3.05) is 6.61 Å². The van der Waals surface area contributed by atoms with Crippen molar-refractivity contribution in [1.29, 1.82) is 0 Å². The smallest absolute Gasteiger partial charge is 0.337 e. The number of carbonyl (C=O) groups is 2. The van der Waals surface area contributed by atoms with Gasteiger partial charge in [0.2, 0.25) is 12.3 Å². The Balaban J connectivity index is 2.67. The van der Waals surface area contributed by atoms with Crippen molar-refractivity contribution in [3.63, 3.8) is 0 Å². The SMILES string of the molecule is CCOC(=O)[C@H]1O[C@H](OC(C)C)NC(=O)[C@@H]1Cl. The van der Waals surface area contributed by atoms with Gasteiger partial charge in [0.05, 0.1) is 12.7 Å². The van der Waals surface area contributed by atoms with E-state index < -0.39 is 29.8 Å². The van der Waals surface area contributed by atoms with Crippen LogP contribution in [-0.2, 0) is 23.8 Å². The van der Waals surface area contributed by atoms with Gasteiger partial charge in [-0.05, 0) is 20.8 Å². The maximum absolute atomic E-state index is 11.5. The Morgan fingerprint density at radius 1 is 1.59 bits per heavy atom. The standard InChI is InChI=1S/C10H16ClNO5/c1-4-15-9(14)7-6(11)8(13)12-10(17-7)16-5(2)3/h5-7,10H,4H2,1-3H3,(H,12,13)/t6-,7+,10+/m1/s1. The zero-order chi connectivity index (χ0) is 13.0. The minimum absolute atomic E-state index is 0.157. The molecule has 6 nitrogen and oxygen atoms in total. The van der Waals surface area contributed by atoms with Gasteiger partial charge in [-0.15, -0.1) is 11.6 Å². The van der Waals surface area contributed by atoms with Crippen molar-refractivity contribution in [2.24, 2.45) is 0 Å². The van der Waals surface area contributed by atoms with Gasteiger partial charge in [0, 0.05) is 0 Å². The van der Waals surface area contributed by atoms with Crippen molar-refractivity contribution in [3.8, 4) is 0 Å². The highest BCUT2D eigenvalue weighted by atomic mass is 35.5. The molecular weight excluding hydrogens is 250 g/mol. The Morgan fingerprint density at radius 2 is 2.24 bits per heavy atom. The number of rotatable bonds is 4. The minimum Gasteiger partial charge on any atom is -0.464 e. The molecule has 7 heteroatoms. The largest absolute Gasteiger partial charge is 0.464 e. The molecule has 1 rings (SSSR count). The normalized spacial score (nSPS) is 29.0. The van der Waals surface area contributed by atoms with Crippen LogP contribution in [-0.4, -0.2) is 42.5 Å². The van der Waals surface area contributed by atoms with Crippen molar-refractivity contribution < 1.29 is 23.8 Å². The third-order valence-electron chi connectivity index (χ3n) is 1.96. The van der Waals surface area contributed by atoms with E-state index in [4.69, 9.17) is 25.8 Å². The Labute approximate surface area is 105 Å². The zero-order valence-corrected chi connectivity index (χ0v) is 10.7. The first kappa shape index (κ1) is 14.2. The summed E-state index contributed by atoms with van der Waals surface area (Å²) < 4.78 is 15.3. The molecule has 1 aliphatic heterocycles. The third-order valence-corrected chi connectivity index (χ3v) is 2.39. The lowest BCUT2D eigenvalue weighted by molar-refractivity contribution is -0.226. The summed E-state index contributed by atoms with van der Waals surface area (Å²) in [7, 11) is 0. The van der Waals surface area contributed by atoms with Gasteiger partial charge in [-0.25, -0.2) is 4.79 Å². The first-order valence-corrected chi connectivity index (χ1v) is 5.81. The minimum atomic E-state index is -1.14. The van der Waals surface area contributed by atoms with E-state index in [1.54, 1.807) is 20.8 Å². The van der Waals surface area contributed by atoms with Crippen LogP contribution < -0.4 is 5.32 Å². The molecule has 1 aliphatic rings. The number of esters is 1. The number of hydrogen-bond donors (Lipinski definition) is 1. The summed E-state index contributed by atoms with van der Waals surface area (Å²) in [5.74, 6) is -1.18. The van der Waals surface area contributed by atoms with Crippen LogP contribution in [0.2, 0.25) is 0 Å². The van der Waals surface area contributed by atoms with Crippen molar-refractivity contribution in [1.82, 2.24) is 5.32 Å². The lowest BCUT2D eigenvalue weighted by Crippen LogP contribution is -2.57. The summed E-state index contributed by atoms with van der Waals surface area (Å²) in [4.78, 5) is 23.0. The Hall–Kier alpha value is -0.850. The van der Waals surface area contributed by atoms with Crippen LogP contribution in [0.4, 0.5) is 0 Å². The summed E-state index contributed by atoms with van der Waals surface area (Å²) >= 11 is 5.77. The molecule has 1 amide bonds. The van der Waals surface area contributed by atoms with E-state index in [-0.39, 0.29) is 12.7 Å². The Morgan fingerprint density at radius 3 is 2.76 bits per heavy atom. The van der Waals surface area contributed by atoms with E-state index in [0.717, 1.165) is 0 Å². The first-order valence-electron chi connectivity index (χ1n) is 5.37. The highest BCUT2D eigenvalue weighted by molar-refractivity contribution is 6.32. The number of carbonyl (C=O) groups excluding carboxylic acids is 2. The molecule has 17 heavy (non-hydrogen) atoms. The van der Waals surface area contributed by atoms with Gasteiger partial charge in [-0.2, -0.15) is 0 Å². The van der Waals surface area contributed by atoms with Gasteiger partial charge in [0.25, 0.3) is 0 Å². The van der Waals surface area contributed by atoms with E-state index in [1.807, 2.05) is 0 Å². The number of amides is 1. The number of hydrogen-bond acceptors (Lipinski definition) is 5. The molecule has 0 aliphatic carbocycles. The number of alkyl halides is 1. The highest BCUT2D eigenvalue weighted by Crippen LogP contribution is 2.17. The monoisotopic (exact) mass is 265 g/mol. The van der Waals surface area contributed by atoms with Crippen LogP contribution >= 0.6 is 11.6 Å². The predicted molar refractivity (Wildman–Crippen MR) is 59.3 cm³/mol. The van der Waals surface area contributed by atoms with Crippen molar-refractivity contribution in [3.05, 3.63) is 0 Å².